The van der Waals surface area contributed by atoms with Crippen LogP contribution in [0.1, 0.15) is 41.5 Å². The Bertz CT molecular complexity index is 1270. The van der Waals surface area contributed by atoms with Gasteiger partial charge in [-0.2, -0.15) is 18.2 Å². The Labute approximate surface area is 213 Å². The second kappa shape index (κ2) is 10.0. The summed E-state index contributed by atoms with van der Waals surface area (Å²) >= 11 is 18.1. The van der Waals surface area contributed by atoms with E-state index < -0.39 is 29.5 Å². The van der Waals surface area contributed by atoms with Gasteiger partial charge in [0.05, 0.1) is 18.2 Å². The number of aromatic nitrogens is 2. The number of nitrogens with zero attached hydrogens (tertiary/aromatic N) is 4. The molecule has 1 aromatic heterocycles. The van der Waals surface area contributed by atoms with E-state index in [2.05, 4.69) is 9.97 Å². The Balaban J connectivity index is 1.91. The lowest BCUT2D eigenvalue weighted by Crippen LogP contribution is -2.35. The molecule has 0 N–H and O–H groups in total. The van der Waals surface area contributed by atoms with Crippen molar-refractivity contribution in [3.05, 3.63) is 87.3 Å². The van der Waals surface area contributed by atoms with Crippen LogP contribution in [0.4, 0.5) is 18.0 Å². The second-order valence-corrected chi connectivity index (χ2v) is 8.61. The van der Waals surface area contributed by atoms with Crippen LogP contribution in [0.25, 0.3) is 0 Å². The van der Waals surface area contributed by atoms with E-state index in [9.17, 15) is 18.0 Å². The highest BCUT2D eigenvalue weighted by Crippen LogP contribution is 2.45. The Morgan fingerprint density at radius 3 is 2.11 bits per heavy atom. The summed E-state index contributed by atoms with van der Waals surface area (Å²) in [5, 5.41) is 0.0796. The molecule has 3 aromatic rings. The van der Waals surface area contributed by atoms with Gasteiger partial charge in [-0.15, -0.1) is 0 Å². The van der Waals surface area contributed by atoms with Crippen LogP contribution in [0, 0.1) is 0 Å². The number of benzene rings is 2. The highest BCUT2D eigenvalue weighted by molar-refractivity contribution is 6.64. The van der Waals surface area contributed by atoms with E-state index in [1.807, 2.05) is 0 Å². The predicted octanol–water partition coefficient (Wildman–Crippen LogP) is 7.10. The first kappa shape index (κ1) is 25.2. The molecule has 182 valence electrons. The van der Waals surface area contributed by atoms with Gasteiger partial charge in [-0.3, -0.25) is 14.7 Å². The molecule has 1 amide bonds. The Morgan fingerprint density at radius 2 is 1.60 bits per heavy atom. The van der Waals surface area contributed by atoms with E-state index >= 15 is 0 Å². The first-order valence-corrected chi connectivity index (χ1v) is 11.4. The zero-order valence-electron chi connectivity index (χ0n) is 17.9. The maximum atomic E-state index is 13.2. The molecule has 6 nitrogen and oxygen atoms in total. The van der Waals surface area contributed by atoms with Gasteiger partial charge in [-0.1, -0.05) is 47.5 Å². The van der Waals surface area contributed by atoms with Gasteiger partial charge in [0.25, 0.3) is 0 Å². The van der Waals surface area contributed by atoms with Gasteiger partial charge in [-0.05, 0) is 53.9 Å². The molecule has 0 bridgehead atoms. The topological polar surface area (TPSA) is 67.7 Å². The summed E-state index contributed by atoms with van der Waals surface area (Å²) in [4.78, 5) is 25.6. The van der Waals surface area contributed by atoms with Gasteiger partial charge < -0.3 is 4.74 Å². The molecular formula is C23H16Cl3F3N4O2. The number of aliphatic imine (C=N–C) groups is 1. The van der Waals surface area contributed by atoms with Crippen molar-refractivity contribution in [1.82, 2.24) is 14.9 Å². The minimum atomic E-state index is -4.79. The lowest BCUT2D eigenvalue weighted by atomic mass is 9.94. The van der Waals surface area contributed by atoms with Crippen LogP contribution in [-0.4, -0.2) is 32.7 Å². The molecule has 0 spiro atoms. The highest BCUT2D eigenvalue weighted by atomic mass is 35.5. The van der Waals surface area contributed by atoms with E-state index in [-0.39, 0.29) is 23.9 Å². The zero-order valence-corrected chi connectivity index (χ0v) is 20.2. The van der Waals surface area contributed by atoms with Gasteiger partial charge in [0.2, 0.25) is 11.7 Å². The first-order chi connectivity index (χ1) is 16.6. The van der Waals surface area contributed by atoms with Crippen LogP contribution in [0.5, 0.6) is 5.88 Å². The van der Waals surface area contributed by atoms with Gasteiger partial charge in [0.1, 0.15) is 11.9 Å². The van der Waals surface area contributed by atoms with Crippen molar-refractivity contribution >= 4 is 46.0 Å². The fraction of sp³-hybridized carbons (Fsp3) is 0.217. The molecule has 0 fully saturated rings. The maximum Gasteiger partial charge on any atom is 0.451 e. The molecule has 1 aliphatic rings. The van der Waals surface area contributed by atoms with Gasteiger partial charge >= 0.3 is 11.5 Å². The number of carbonyl (C=O) groups excluding carboxylic acids is 1. The molecule has 4 rings (SSSR count). The van der Waals surface area contributed by atoms with E-state index in [1.165, 1.54) is 4.90 Å². The number of amidine groups is 1. The molecule has 2 unspecified atom stereocenters. The molecule has 0 aliphatic carbocycles. The largest absolute Gasteiger partial charge is 0.477 e. The van der Waals surface area contributed by atoms with Crippen LogP contribution in [0.2, 0.25) is 10.0 Å². The molecule has 0 radical (unpaired) electrons. The molecule has 2 atom stereocenters. The van der Waals surface area contributed by atoms with Crippen LogP contribution in [-0.2, 0) is 6.18 Å². The summed E-state index contributed by atoms with van der Waals surface area (Å²) in [5.41, 5.74) is 1.33. The molecule has 0 saturated carbocycles. The molecule has 0 saturated heterocycles. The van der Waals surface area contributed by atoms with E-state index in [1.54, 1.807) is 55.5 Å². The number of rotatable bonds is 5. The number of carbonyl (C=O) groups is 1. The highest BCUT2D eigenvalue weighted by Gasteiger charge is 2.44. The van der Waals surface area contributed by atoms with Gasteiger partial charge in [-0.25, -0.2) is 4.98 Å². The lowest BCUT2D eigenvalue weighted by Gasteiger charge is -2.28. The van der Waals surface area contributed by atoms with Crippen molar-refractivity contribution in [2.75, 3.05) is 6.61 Å². The first-order valence-electron chi connectivity index (χ1n) is 10.2. The quantitative estimate of drug-likeness (QED) is 0.254. The smallest absolute Gasteiger partial charge is 0.451 e. The van der Waals surface area contributed by atoms with Crippen molar-refractivity contribution in [3.63, 3.8) is 0 Å². The second-order valence-electron chi connectivity index (χ2n) is 7.41. The summed E-state index contributed by atoms with van der Waals surface area (Å²) in [6, 6.07) is 12.1. The van der Waals surface area contributed by atoms with E-state index in [0.29, 0.717) is 21.2 Å². The predicted molar refractivity (Wildman–Crippen MR) is 126 cm³/mol. The third kappa shape index (κ3) is 5.22. The maximum absolute atomic E-state index is 13.2. The molecule has 1 aliphatic heterocycles. The number of hydrogen-bond acceptors (Lipinski definition) is 5. The minimum Gasteiger partial charge on any atom is -0.477 e. The molecule has 2 aromatic carbocycles. The van der Waals surface area contributed by atoms with Crippen LogP contribution in [0.15, 0.2) is 59.7 Å². The minimum absolute atomic E-state index is 0.00993. The lowest BCUT2D eigenvalue weighted by molar-refractivity contribution is -0.145. The number of halogens is 6. The number of alkyl halides is 3. The molecule has 12 heteroatoms. The third-order valence-electron chi connectivity index (χ3n) is 5.21. The summed E-state index contributed by atoms with van der Waals surface area (Å²) in [6.45, 7) is 1.61. The summed E-state index contributed by atoms with van der Waals surface area (Å²) in [5.74, 6) is -1.78. The number of ether oxygens (including phenoxy) is 1. The molecule has 35 heavy (non-hydrogen) atoms. The monoisotopic (exact) mass is 542 g/mol. The Hall–Kier alpha value is -2.88. The fourth-order valence-electron chi connectivity index (χ4n) is 3.74. The van der Waals surface area contributed by atoms with Gasteiger partial charge in [0, 0.05) is 16.2 Å². The molecule has 2 heterocycles. The third-order valence-corrected chi connectivity index (χ3v) is 5.89. The zero-order chi connectivity index (χ0) is 25.3. The van der Waals surface area contributed by atoms with Crippen molar-refractivity contribution in [1.29, 1.82) is 0 Å². The van der Waals surface area contributed by atoms with E-state index in [4.69, 9.17) is 44.5 Å². The van der Waals surface area contributed by atoms with Crippen molar-refractivity contribution in [2.45, 2.75) is 25.2 Å². The summed E-state index contributed by atoms with van der Waals surface area (Å²) < 4.78 is 45.1. The van der Waals surface area contributed by atoms with Crippen molar-refractivity contribution < 1.29 is 22.7 Å². The van der Waals surface area contributed by atoms with E-state index in [0.717, 1.165) is 6.20 Å². The standard InChI is InChI=1S/C23H16Cl3F3N4O2/c1-2-35-20-16(11-30-21(32-20)23(27,28)29)19-31-17(12-3-7-14(24)8-4-12)18(33(19)22(26)34)13-5-9-15(25)10-6-13/h3-11,17-18H,2H2,1H3. The van der Waals surface area contributed by atoms with Crippen LogP contribution >= 0.6 is 34.8 Å². The summed E-state index contributed by atoms with van der Waals surface area (Å²) in [7, 11) is 0. The van der Waals surface area contributed by atoms with Crippen molar-refractivity contribution in [3.8, 4) is 5.88 Å². The van der Waals surface area contributed by atoms with Crippen LogP contribution < -0.4 is 4.74 Å². The normalized spacial score (nSPS) is 17.9. The average molecular weight is 544 g/mol. The summed E-state index contributed by atoms with van der Waals surface area (Å²) in [6.07, 6.45) is -3.86. The number of amides is 1. The SMILES string of the molecule is CCOc1nc(C(F)(F)F)ncc1C1=NC(c2ccc(Cl)cc2)C(c2ccc(Cl)cc2)N1C(=O)Cl. The number of hydrogen-bond donors (Lipinski definition) is 0. The Morgan fingerprint density at radius 1 is 1.03 bits per heavy atom. The molecular weight excluding hydrogens is 528 g/mol. The Kier molecular flexibility index (Phi) is 7.21. The van der Waals surface area contributed by atoms with Crippen LogP contribution in [0.3, 0.4) is 0 Å². The average Bonchev–Trinajstić information content (AvgIpc) is 3.20. The van der Waals surface area contributed by atoms with Gasteiger partial charge in [0.15, 0.2) is 0 Å². The van der Waals surface area contributed by atoms with Crippen molar-refractivity contribution in [2.24, 2.45) is 4.99 Å². The fourth-order valence-corrected chi connectivity index (χ4v) is 4.18.